The average Bonchev–Trinajstić information content (AvgIpc) is 2.30. The molecule has 1 saturated heterocycles. The summed E-state index contributed by atoms with van der Waals surface area (Å²) in [7, 11) is 0. The van der Waals surface area contributed by atoms with E-state index in [4.69, 9.17) is 5.73 Å². The van der Waals surface area contributed by atoms with Crippen molar-refractivity contribution in [2.24, 2.45) is 11.7 Å². The first-order valence-electron chi connectivity index (χ1n) is 6.10. The van der Waals surface area contributed by atoms with E-state index in [9.17, 15) is 4.79 Å². The van der Waals surface area contributed by atoms with Gasteiger partial charge in [0, 0.05) is 18.6 Å². The smallest absolute Gasteiger partial charge is 0.237 e. The molecule has 0 aromatic carbocycles. The molecule has 1 rings (SSSR count). The van der Waals surface area contributed by atoms with Crippen molar-refractivity contribution in [2.45, 2.75) is 45.7 Å². The summed E-state index contributed by atoms with van der Waals surface area (Å²) in [6.45, 7) is 10.9. The normalized spacial score (nSPS) is 28.7. The van der Waals surface area contributed by atoms with Gasteiger partial charge in [0.25, 0.3) is 0 Å². The SMILES string of the molecule is CC1CNC(=O)C(CCN)N(C(C)(C)C)C1. The van der Waals surface area contributed by atoms with Crippen molar-refractivity contribution < 1.29 is 4.79 Å². The number of nitrogens with one attached hydrogen (secondary N) is 1. The van der Waals surface area contributed by atoms with Gasteiger partial charge >= 0.3 is 0 Å². The van der Waals surface area contributed by atoms with Crippen LogP contribution < -0.4 is 11.1 Å². The van der Waals surface area contributed by atoms with Gasteiger partial charge in [0.1, 0.15) is 0 Å². The molecule has 4 heteroatoms. The maximum Gasteiger partial charge on any atom is 0.237 e. The van der Waals surface area contributed by atoms with Crippen molar-refractivity contribution in [3.05, 3.63) is 0 Å². The molecule has 1 amide bonds. The minimum atomic E-state index is -0.0741. The van der Waals surface area contributed by atoms with Gasteiger partial charge in [-0.25, -0.2) is 0 Å². The van der Waals surface area contributed by atoms with Crippen LogP contribution in [0.1, 0.15) is 34.1 Å². The number of nitrogens with zero attached hydrogens (tertiary/aromatic N) is 1. The molecule has 1 heterocycles. The van der Waals surface area contributed by atoms with Crippen molar-refractivity contribution in [3.8, 4) is 0 Å². The monoisotopic (exact) mass is 227 g/mol. The number of carbonyl (C=O) groups excluding carboxylic acids is 1. The lowest BCUT2D eigenvalue weighted by Gasteiger charge is -2.40. The fraction of sp³-hybridized carbons (Fsp3) is 0.917. The van der Waals surface area contributed by atoms with Crippen molar-refractivity contribution in [1.29, 1.82) is 0 Å². The Balaban J connectivity index is 2.90. The van der Waals surface area contributed by atoms with Crippen LogP contribution in [0, 0.1) is 5.92 Å². The number of rotatable bonds is 2. The van der Waals surface area contributed by atoms with Crippen LogP contribution >= 0.6 is 0 Å². The summed E-state index contributed by atoms with van der Waals surface area (Å²) in [6.07, 6.45) is 0.732. The van der Waals surface area contributed by atoms with E-state index < -0.39 is 0 Å². The van der Waals surface area contributed by atoms with Gasteiger partial charge in [-0.1, -0.05) is 6.92 Å². The number of amides is 1. The second-order valence-electron chi connectivity index (χ2n) is 5.77. The Morgan fingerprint density at radius 2 is 2.12 bits per heavy atom. The third-order valence-corrected chi connectivity index (χ3v) is 3.11. The molecule has 16 heavy (non-hydrogen) atoms. The lowest BCUT2D eigenvalue weighted by molar-refractivity contribution is -0.127. The zero-order valence-corrected chi connectivity index (χ0v) is 10.9. The van der Waals surface area contributed by atoms with E-state index in [0.29, 0.717) is 12.5 Å². The molecule has 3 N–H and O–H groups in total. The predicted molar refractivity (Wildman–Crippen MR) is 66.1 cm³/mol. The largest absolute Gasteiger partial charge is 0.354 e. The molecule has 4 nitrogen and oxygen atoms in total. The summed E-state index contributed by atoms with van der Waals surface area (Å²) in [6, 6.07) is -0.0741. The predicted octanol–water partition coefficient (Wildman–Crippen LogP) is 0.570. The molecule has 2 atom stereocenters. The van der Waals surface area contributed by atoms with Gasteiger partial charge in [-0.2, -0.15) is 0 Å². The van der Waals surface area contributed by atoms with Crippen LogP contribution in [0.15, 0.2) is 0 Å². The van der Waals surface area contributed by atoms with E-state index in [1.54, 1.807) is 0 Å². The molecule has 1 fully saturated rings. The van der Waals surface area contributed by atoms with E-state index in [0.717, 1.165) is 19.5 Å². The maximum atomic E-state index is 12.0. The summed E-state index contributed by atoms with van der Waals surface area (Å²) in [5.74, 6) is 0.621. The van der Waals surface area contributed by atoms with Crippen LogP contribution in [0.3, 0.4) is 0 Å². The minimum absolute atomic E-state index is 0.00970. The fourth-order valence-corrected chi connectivity index (χ4v) is 2.25. The van der Waals surface area contributed by atoms with Gasteiger partial charge in [-0.05, 0) is 39.7 Å². The molecular formula is C12H25N3O. The molecule has 0 aromatic rings. The average molecular weight is 227 g/mol. The first-order valence-corrected chi connectivity index (χ1v) is 6.10. The molecule has 94 valence electrons. The molecule has 1 aliphatic heterocycles. The van der Waals surface area contributed by atoms with E-state index in [-0.39, 0.29) is 17.5 Å². The first kappa shape index (κ1) is 13.5. The maximum absolute atomic E-state index is 12.0. The third kappa shape index (κ3) is 3.19. The van der Waals surface area contributed by atoms with Gasteiger partial charge in [-0.15, -0.1) is 0 Å². The first-order chi connectivity index (χ1) is 7.36. The molecule has 1 aliphatic rings. The van der Waals surface area contributed by atoms with Crippen LogP contribution in [0.2, 0.25) is 0 Å². The number of nitrogens with two attached hydrogens (primary N) is 1. The highest BCUT2D eigenvalue weighted by atomic mass is 16.2. The summed E-state index contributed by atoms with van der Waals surface area (Å²) < 4.78 is 0. The van der Waals surface area contributed by atoms with Crippen LogP contribution in [0.25, 0.3) is 0 Å². The molecular weight excluding hydrogens is 202 g/mol. The highest BCUT2D eigenvalue weighted by Crippen LogP contribution is 2.22. The van der Waals surface area contributed by atoms with E-state index >= 15 is 0 Å². The highest BCUT2D eigenvalue weighted by molar-refractivity contribution is 5.82. The van der Waals surface area contributed by atoms with Crippen molar-refractivity contribution >= 4 is 5.91 Å². The van der Waals surface area contributed by atoms with Crippen LogP contribution in [0.5, 0.6) is 0 Å². The Morgan fingerprint density at radius 3 is 2.62 bits per heavy atom. The lowest BCUT2D eigenvalue weighted by atomic mass is 9.99. The summed E-state index contributed by atoms with van der Waals surface area (Å²) in [5, 5.41) is 3.00. The zero-order valence-electron chi connectivity index (χ0n) is 10.9. The Morgan fingerprint density at radius 1 is 1.50 bits per heavy atom. The summed E-state index contributed by atoms with van der Waals surface area (Å²) in [4.78, 5) is 14.3. The van der Waals surface area contributed by atoms with Crippen LogP contribution in [-0.2, 0) is 4.79 Å². The van der Waals surface area contributed by atoms with Gasteiger partial charge in [0.15, 0.2) is 0 Å². The van der Waals surface area contributed by atoms with Crippen molar-refractivity contribution in [2.75, 3.05) is 19.6 Å². The molecule has 0 spiro atoms. The Bertz CT molecular complexity index is 247. The van der Waals surface area contributed by atoms with E-state index in [2.05, 4.69) is 37.9 Å². The summed E-state index contributed by atoms with van der Waals surface area (Å²) in [5.41, 5.74) is 5.62. The standard InChI is InChI=1S/C12H25N3O/c1-9-7-14-11(16)10(5-6-13)15(8-9)12(2,3)4/h9-10H,5-8,13H2,1-4H3,(H,14,16). The molecule has 0 bridgehead atoms. The van der Waals surface area contributed by atoms with Crippen molar-refractivity contribution in [3.63, 3.8) is 0 Å². The van der Waals surface area contributed by atoms with Crippen molar-refractivity contribution in [1.82, 2.24) is 10.2 Å². The quantitative estimate of drug-likeness (QED) is 0.725. The molecule has 0 aromatic heterocycles. The summed E-state index contributed by atoms with van der Waals surface area (Å²) >= 11 is 0. The zero-order chi connectivity index (χ0) is 12.3. The van der Waals surface area contributed by atoms with Crippen LogP contribution in [-0.4, -0.2) is 42.0 Å². The van der Waals surface area contributed by atoms with Gasteiger partial charge < -0.3 is 11.1 Å². The van der Waals surface area contributed by atoms with Gasteiger partial charge in [0.05, 0.1) is 6.04 Å². The third-order valence-electron chi connectivity index (χ3n) is 3.11. The minimum Gasteiger partial charge on any atom is -0.354 e. The molecule has 0 saturated carbocycles. The molecule has 0 radical (unpaired) electrons. The second kappa shape index (κ2) is 5.15. The van der Waals surface area contributed by atoms with Gasteiger partial charge in [-0.3, -0.25) is 9.69 Å². The highest BCUT2D eigenvalue weighted by Gasteiger charge is 2.35. The van der Waals surface area contributed by atoms with E-state index in [1.165, 1.54) is 0 Å². The number of hydrogen-bond donors (Lipinski definition) is 2. The van der Waals surface area contributed by atoms with Gasteiger partial charge in [0.2, 0.25) is 5.91 Å². The Kier molecular flexibility index (Phi) is 4.33. The lowest BCUT2D eigenvalue weighted by Crippen LogP contribution is -2.53. The molecule has 0 aliphatic carbocycles. The Hall–Kier alpha value is -0.610. The number of carbonyl (C=O) groups is 1. The van der Waals surface area contributed by atoms with E-state index in [1.807, 2.05) is 0 Å². The fourth-order valence-electron chi connectivity index (χ4n) is 2.25. The topological polar surface area (TPSA) is 58.4 Å². The molecule has 2 unspecified atom stereocenters. The van der Waals surface area contributed by atoms with Crippen LogP contribution in [0.4, 0.5) is 0 Å². The number of hydrogen-bond acceptors (Lipinski definition) is 3. The Labute approximate surface area is 98.6 Å². The second-order valence-corrected chi connectivity index (χ2v) is 5.77.